The highest BCUT2D eigenvalue weighted by Crippen LogP contribution is 2.39. The van der Waals surface area contributed by atoms with E-state index in [0.717, 1.165) is 12.8 Å². The highest BCUT2D eigenvalue weighted by atomic mass is 35.5. The van der Waals surface area contributed by atoms with E-state index < -0.39 is 29.2 Å². The lowest BCUT2D eigenvalue weighted by Crippen LogP contribution is -2.31. The van der Waals surface area contributed by atoms with Crippen LogP contribution in [0.5, 0.6) is 0 Å². The van der Waals surface area contributed by atoms with Gasteiger partial charge in [-0.2, -0.15) is 0 Å². The molecule has 2 rings (SSSR count). The van der Waals surface area contributed by atoms with E-state index in [1.165, 1.54) is 0 Å². The Bertz CT molecular complexity index is 297. The molecule has 0 aromatic rings. The summed E-state index contributed by atoms with van der Waals surface area (Å²) in [5.41, 5.74) is 0. The van der Waals surface area contributed by atoms with E-state index in [2.05, 4.69) is 0 Å². The Hall–Kier alpha value is -0.700. The molecule has 3 nitrogen and oxygen atoms in total. The molecule has 3 unspecified atom stereocenters. The molecule has 2 fully saturated rings. The third-order valence-corrected chi connectivity index (χ3v) is 3.39. The summed E-state index contributed by atoms with van der Waals surface area (Å²) in [6.07, 6.45) is 2.21. The molecule has 0 radical (unpaired) electrons. The van der Waals surface area contributed by atoms with Crippen LogP contribution < -0.4 is 0 Å². The fourth-order valence-corrected chi connectivity index (χ4v) is 2.67. The van der Waals surface area contributed by atoms with Crippen LogP contribution in [0.2, 0.25) is 0 Å². The molecule has 0 aliphatic heterocycles. The van der Waals surface area contributed by atoms with E-state index in [-0.39, 0.29) is 5.38 Å². The van der Waals surface area contributed by atoms with Crippen molar-refractivity contribution < 1.29 is 14.4 Å². The summed E-state index contributed by atoms with van der Waals surface area (Å²) in [6, 6.07) is 0. The van der Waals surface area contributed by atoms with Crippen molar-refractivity contribution in [1.82, 2.24) is 0 Å². The molecule has 0 aromatic heterocycles. The Morgan fingerprint density at radius 1 is 1.08 bits per heavy atom. The average molecular weight is 201 g/mol. The summed E-state index contributed by atoms with van der Waals surface area (Å²) in [5, 5.41) is -0.318. The molecule has 70 valence electrons. The van der Waals surface area contributed by atoms with Crippen molar-refractivity contribution in [3.8, 4) is 0 Å². The van der Waals surface area contributed by atoms with Crippen molar-refractivity contribution in [3.63, 3.8) is 0 Å². The molecule has 2 saturated carbocycles. The smallest absolute Gasteiger partial charge is 0.264 e. The van der Waals surface area contributed by atoms with E-state index in [0.29, 0.717) is 6.42 Å². The van der Waals surface area contributed by atoms with Gasteiger partial charge < -0.3 is 0 Å². The maximum Gasteiger partial charge on any atom is 0.264 e. The highest BCUT2D eigenvalue weighted by molar-refractivity contribution is 6.68. The van der Waals surface area contributed by atoms with Gasteiger partial charge in [0.1, 0.15) is 0 Å². The van der Waals surface area contributed by atoms with Crippen LogP contribution in [0.1, 0.15) is 19.3 Å². The summed E-state index contributed by atoms with van der Waals surface area (Å²) in [7, 11) is 0. The maximum absolute atomic E-state index is 11.3. The SMILES string of the molecule is O=C1C(=O)C2CCCC(Cl)C2C1=O. The molecule has 0 amide bonds. The minimum absolute atomic E-state index is 0.318. The first-order chi connectivity index (χ1) is 6.13. The molecule has 2 aliphatic carbocycles. The lowest BCUT2D eigenvalue weighted by molar-refractivity contribution is -0.141. The highest BCUT2D eigenvalue weighted by Gasteiger charge is 2.52. The number of carbonyl (C=O) groups is 3. The first-order valence-electron chi connectivity index (χ1n) is 4.39. The van der Waals surface area contributed by atoms with Crippen molar-refractivity contribution in [1.29, 1.82) is 0 Å². The molecule has 13 heavy (non-hydrogen) atoms. The van der Waals surface area contributed by atoms with Gasteiger partial charge >= 0.3 is 0 Å². The number of Topliss-reactive ketones (excluding diaryl/α,β-unsaturated/α-hetero) is 3. The van der Waals surface area contributed by atoms with E-state index in [1.807, 2.05) is 0 Å². The number of halogens is 1. The standard InChI is InChI=1S/C9H9ClO3/c10-5-3-1-2-4-6(5)8(12)9(13)7(4)11/h4-6H,1-3H2. The zero-order chi connectivity index (χ0) is 9.59. The fraction of sp³-hybridized carbons (Fsp3) is 0.667. The van der Waals surface area contributed by atoms with Crippen molar-refractivity contribution in [3.05, 3.63) is 0 Å². The third-order valence-electron chi connectivity index (χ3n) is 2.91. The van der Waals surface area contributed by atoms with Gasteiger partial charge in [-0.1, -0.05) is 6.42 Å². The van der Waals surface area contributed by atoms with Crippen molar-refractivity contribution >= 4 is 29.0 Å². The van der Waals surface area contributed by atoms with E-state index in [9.17, 15) is 14.4 Å². The molecule has 4 heteroatoms. The number of alkyl halides is 1. The number of hydrogen-bond acceptors (Lipinski definition) is 3. The molecule has 0 saturated heterocycles. The van der Waals surface area contributed by atoms with Crippen molar-refractivity contribution in [2.45, 2.75) is 24.6 Å². The number of ketones is 3. The third kappa shape index (κ3) is 1.14. The molecule has 0 heterocycles. The second-order valence-corrected chi connectivity index (χ2v) is 4.20. The van der Waals surface area contributed by atoms with Gasteiger partial charge in [-0.15, -0.1) is 11.6 Å². The quantitative estimate of drug-likeness (QED) is 0.428. The molecular formula is C9H9ClO3. The van der Waals surface area contributed by atoms with Crippen molar-refractivity contribution in [2.24, 2.45) is 11.8 Å². The van der Waals surface area contributed by atoms with Crippen LogP contribution in [-0.4, -0.2) is 22.7 Å². The molecule has 0 bridgehead atoms. The normalized spacial score (nSPS) is 39.5. The van der Waals surface area contributed by atoms with Gasteiger partial charge in [0.2, 0.25) is 11.6 Å². The van der Waals surface area contributed by atoms with Gasteiger partial charge in [-0.25, -0.2) is 0 Å². The van der Waals surface area contributed by atoms with Crippen LogP contribution in [0.4, 0.5) is 0 Å². The molecule has 0 N–H and O–H groups in total. The molecule has 0 spiro atoms. The first-order valence-corrected chi connectivity index (χ1v) is 4.83. The maximum atomic E-state index is 11.3. The van der Waals surface area contributed by atoms with Crippen LogP contribution in [-0.2, 0) is 14.4 Å². The van der Waals surface area contributed by atoms with Gasteiger partial charge in [-0.3, -0.25) is 14.4 Å². The summed E-state index contributed by atoms with van der Waals surface area (Å²) < 4.78 is 0. The lowest BCUT2D eigenvalue weighted by atomic mass is 9.81. The van der Waals surface area contributed by atoms with Gasteiger partial charge in [0, 0.05) is 11.3 Å². The topological polar surface area (TPSA) is 51.2 Å². The summed E-state index contributed by atoms with van der Waals surface area (Å²) in [6.45, 7) is 0. The second-order valence-electron chi connectivity index (χ2n) is 3.64. The molecule has 3 atom stereocenters. The Labute approximate surface area is 80.4 Å². The van der Waals surface area contributed by atoms with Crippen LogP contribution in [0.3, 0.4) is 0 Å². The van der Waals surface area contributed by atoms with E-state index in [4.69, 9.17) is 11.6 Å². The van der Waals surface area contributed by atoms with Gasteiger partial charge in [0.15, 0.2) is 0 Å². The molecular weight excluding hydrogens is 192 g/mol. The number of carbonyl (C=O) groups excluding carboxylic acids is 3. The second kappa shape index (κ2) is 2.91. The van der Waals surface area contributed by atoms with Gasteiger partial charge in [0.05, 0.1) is 5.92 Å². The van der Waals surface area contributed by atoms with Crippen LogP contribution >= 0.6 is 11.6 Å². The van der Waals surface area contributed by atoms with Crippen LogP contribution in [0.15, 0.2) is 0 Å². The van der Waals surface area contributed by atoms with Crippen LogP contribution in [0.25, 0.3) is 0 Å². The Kier molecular flexibility index (Phi) is 1.99. The predicted molar refractivity (Wildman–Crippen MR) is 45.5 cm³/mol. The summed E-state index contributed by atoms with van der Waals surface area (Å²) >= 11 is 5.92. The first kappa shape index (κ1) is 8.88. The van der Waals surface area contributed by atoms with Crippen LogP contribution in [0, 0.1) is 11.8 Å². The number of fused-ring (bicyclic) bond motifs is 1. The zero-order valence-corrected chi connectivity index (χ0v) is 7.71. The number of rotatable bonds is 0. The lowest BCUT2D eigenvalue weighted by Gasteiger charge is -2.26. The average Bonchev–Trinajstić information content (AvgIpc) is 2.33. The molecule has 2 aliphatic rings. The predicted octanol–water partition coefficient (Wildman–Crippen LogP) is 0.731. The largest absolute Gasteiger partial charge is 0.290 e. The summed E-state index contributed by atoms with van der Waals surface area (Å²) in [4.78, 5) is 33.6. The monoisotopic (exact) mass is 200 g/mol. The van der Waals surface area contributed by atoms with Crippen molar-refractivity contribution in [2.75, 3.05) is 0 Å². The minimum atomic E-state index is -0.831. The number of hydrogen-bond donors (Lipinski definition) is 0. The zero-order valence-electron chi connectivity index (χ0n) is 6.96. The van der Waals surface area contributed by atoms with E-state index >= 15 is 0 Å². The van der Waals surface area contributed by atoms with E-state index in [1.54, 1.807) is 0 Å². The Balaban J connectivity index is 2.35. The van der Waals surface area contributed by atoms with Gasteiger partial charge in [0.25, 0.3) is 5.78 Å². The Morgan fingerprint density at radius 3 is 2.38 bits per heavy atom. The Morgan fingerprint density at radius 2 is 1.77 bits per heavy atom. The van der Waals surface area contributed by atoms with Gasteiger partial charge in [-0.05, 0) is 12.8 Å². The fourth-order valence-electron chi connectivity index (χ4n) is 2.23. The minimum Gasteiger partial charge on any atom is -0.290 e. The molecule has 0 aromatic carbocycles. The summed E-state index contributed by atoms with van der Waals surface area (Å²) in [5.74, 6) is -2.83.